The zero-order valence-corrected chi connectivity index (χ0v) is 18.0. The van der Waals surface area contributed by atoms with Crippen molar-refractivity contribution in [2.24, 2.45) is 0 Å². The zero-order chi connectivity index (χ0) is 21.9. The van der Waals surface area contributed by atoms with Crippen LogP contribution in [0.15, 0.2) is 24.3 Å². The molecule has 9 heteroatoms. The molecule has 2 rings (SSSR count). The van der Waals surface area contributed by atoms with Crippen LogP contribution in [-0.2, 0) is 14.2 Å². The largest absolute Gasteiger partial charge is 0.389 e. The highest BCUT2D eigenvalue weighted by molar-refractivity contribution is 6.03. The summed E-state index contributed by atoms with van der Waals surface area (Å²) in [7, 11) is 1.58. The van der Waals surface area contributed by atoms with Crippen LogP contribution < -0.4 is 5.32 Å². The van der Waals surface area contributed by atoms with Crippen molar-refractivity contribution >= 4 is 17.6 Å². The molecule has 30 heavy (non-hydrogen) atoms. The molecule has 168 valence electrons. The predicted octanol–water partition coefficient (Wildman–Crippen LogP) is 1.43. The summed E-state index contributed by atoms with van der Waals surface area (Å²) >= 11 is 0. The molecule has 1 unspecified atom stereocenters. The van der Waals surface area contributed by atoms with Crippen molar-refractivity contribution < 1.29 is 28.9 Å². The van der Waals surface area contributed by atoms with Crippen LogP contribution >= 0.6 is 0 Å². The number of rotatable bonds is 10. The lowest BCUT2D eigenvalue weighted by Gasteiger charge is -2.28. The number of aliphatic hydroxyl groups is 1. The Labute approximate surface area is 177 Å². The number of aliphatic hydroxyl groups excluding tert-OH is 1. The number of likely N-dealkylation sites (N-methyl/N-ethyl adjacent to an activating group) is 1. The number of nitrogens with one attached hydrogen (secondary N) is 1. The van der Waals surface area contributed by atoms with E-state index in [4.69, 9.17) is 14.2 Å². The second kappa shape index (κ2) is 12.5. The number of carbonyl (C=O) groups is 2. The number of ether oxygens (including phenoxy) is 3. The van der Waals surface area contributed by atoms with E-state index in [0.717, 1.165) is 0 Å². The molecule has 0 aliphatic carbocycles. The summed E-state index contributed by atoms with van der Waals surface area (Å²) < 4.78 is 16.0. The standard InChI is InChI=1S/C21H33N3O6/c1-16(2)30-13-12-29-15-17(25)14-23(3)21(27)22-19-7-5-4-6-18(19)20(26)24-8-10-28-11-9-24/h4-7,16-17,25H,8-15H2,1-3H3,(H,22,27). The van der Waals surface area contributed by atoms with E-state index in [1.54, 1.807) is 36.2 Å². The first-order chi connectivity index (χ1) is 14.4. The number of nitrogens with zero attached hydrogens (tertiary/aromatic N) is 2. The number of para-hydroxylation sites is 1. The fraction of sp³-hybridized carbons (Fsp3) is 0.619. The molecule has 1 aliphatic rings. The van der Waals surface area contributed by atoms with Gasteiger partial charge in [-0.3, -0.25) is 4.79 Å². The highest BCUT2D eigenvalue weighted by Gasteiger charge is 2.22. The molecule has 0 saturated carbocycles. The van der Waals surface area contributed by atoms with Gasteiger partial charge in [0.05, 0.1) is 63.0 Å². The van der Waals surface area contributed by atoms with E-state index in [1.165, 1.54) is 4.90 Å². The fourth-order valence-corrected chi connectivity index (χ4v) is 2.94. The summed E-state index contributed by atoms with van der Waals surface area (Å²) in [5.41, 5.74) is 0.859. The van der Waals surface area contributed by atoms with Gasteiger partial charge in [0.15, 0.2) is 0 Å². The van der Waals surface area contributed by atoms with Gasteiger partial charge in [0.25, 0.3) is 5.91 Å². The number of anilines is 1. The van der Waals surface area contributed by atoms with Gasteiger partial charge in [-0.1, -0.05) is 12.1 Å². The molecule has 1 atom stereocenters. The quantitative estimate of drug-likeness (QED) is 0.552. The highest BCUT2D eigenvalue weighted by atomic mass is 16.5. The summed E-state index contributed by atoms with van der Waals surface area (Å²) in [6, 6.07) is 6.48. The molecule has 9 nitrogen and oxygen atoms in total. The molecule has 1 aromatic rings. The summed E-state index contributed by atoms with van der Waals surface area (Å²) in [6.07, 6.45) is -0.698. The number of amides is 3. The normalized spacial score (nSPS) is 15.2. The van der Waals surface area contributed by atoms with Crippen LogP contribution in [0.1, 0.15) is 24.2 Å². The van der Waals surface area contributed by atoms with Gasteiger partial charge < -0.3 is 34.4 Å². The maximum absolute atomic E-state index is 12.8. The lowest BCUT2D eigenvalue weighted by atomic mass is 10.1. The van der Waals surface area contributed by atoms with E-state index in [0.29, 0.717) is 50.8 Å². The van der Waals surface area contributed by atoms with E-state index in [1.807, 2.05) is 13.8 Å². The van der Waals surface area contributed by atoms with Crippen LogP contribution in [0.2, 0.25) is 0 Å². The van der Waals surface area contributed by atoms with E-state index in [2.05, 4.69) is 5.32 Å². The maximum atomic E-state index is 12.8. The van der Waals surface area contributed by atoms with Crippen molar-refractivity contribution in [1.82, 2.24) is 9.80 Å². The molecule has 1 fully saturated rings. The molecule has 1 saturated heterocycles. The van der Waals surface area contributed by atoms with Crippen molar-refractivity contribution in [3.63, 3.8) is 0 Å². The van der Waals surface area contributed by atoms with Crippen molar-refractivity contribution in [3.8, 4) is 0 Å². The van der Waals surface area contributed by atoms with Gasteiger partial charge in [0.1, 0.15) is 0 Å². The average Bonchev–Trinajstić information content (AvgIpc) is 2.73. The van der Waals surface area contributed by atoms with Gasteiger partial charge in [0.2, 0.25) is 0 Å². The fourth-order valence-electron chi connectivity index (χ4n) is 2.94. The Morgan fingerprint density at radius 1 is 1.23 bits per heavy atom. The topological polar surface area (TPSA) is 101 Å². The second-order valence-electron chi connectivity index (χ2n) is 7.41. The summed E-state index contributed by atoms with van der Waals surface area (Å²) in [4.78, 5) is 28.4. The van der Waals surface area contributed by atoms with Crippen molar-refractivity contribution in [1.29, 1.82) is 0 Å². The molecule has 2 N–H and O–H groups in total. The number of hydrogen-bond donors (Lipinski definition) is 2. The maximum Gasteiger partial charge on any atom is 0.321 e. The monoisotopic (exact) mass is 423 g/mol. The Morgan fingerprint density at radius 2 is 1.93 bits per heavy atom. The zero-order valence-electron chi connectivity index (χ0n) is 18.0. The minimum Gasteiger partial charge on any atom is -0.389 e. The summed E-state index contributed by atoms with van der Waals surface area (Å²) in [5.74, 6) is -0.145. The second-order valence-corrected chi connectivity index (χ2v) is 7.41. The molecule has 3 amide bonds. The van der Waals surface area contributed by atoms with E-state index in [9.17, 15) is 14.7 Å². The van der Waals surface area contributed by atoms with E-state index < -0.39 is 12.1 Å². The number of morpholine rings is 1. The first-order valence-corrected chi connectivity index (χ1v) is 10.2. The van der Waals surface area contributed by atoms with Crippen LogP contribution in [0.3, 0.4) is 0 Å². The Hall–Kier alpha value is -2.20. The molecule has 0 aromatic heterocycles. The smallest absolute Gasteiger partial charge is 0.321 e. The lowest BCUT2D eigenvalue weighted by molar-refractivity contribution is -0.0144. The summed E-state index contributed by atoms with van der Waals surface area (Å²) in [5, 5.41) is 12.9. The van der Waals surface area contributed by atoms with Gasteiger partial charge in [0, 0.05) is 20.1 Å². The van der Waals surface area contributed by atoms with Crippen LogP contribution in [-0.4, -0.2) is 98.8 Å². The van der Waals surface area contributed by atoms with Crippen LogP contribution in [0, 0.1) is 0 Å². The number of urea groups is 1. The van der Waals surface area contributed by atoms with E-state index >= 15 is 0 Å². The Bertz CT molecular complexity index is 678. The lowest BCUT2D eigenvalue weighted by Crippen LogP contribution is -2.41. The molecule has 0 spiro atoms. The molecule has 1 aromatic carbocycles. The number of benzene rings is 1. The third kappa shape index (κ3) is 7.91. The van der Waals surface area contributed by atoms with Crippen molar-refractivity contribution in [2.45, 2.75) is 26.1 Å². The predicted molar refractivity (Wildman–Crippen MR) is 113 cm³/mol. The van der Waals surface area contributed by atoms with Gasteiger partial charge in [-0.15, -0.1) is 0 Å². The minimum atomic E-state index is -0.829. The molecular formula is C21H33N3O6. The van der Waals surface area contributed by atoms with Crippen LogP contribution in [0.4, 0.5) is 10.5 Å². The molecule has 0 bridgehead atoms. The van der Waals surface area contributed by atoms with Crippen LogP contribution in [0.25, 0.3) is 0 Å². The molecular weight excluding hydrogens is 390 g/mol. The average molecular weight is 424 g/mol. The molecule has 1 aliphatic heterocycles. The Kier molecular flexibility index (Phi) is 10.0. The molecule has 1 heterocycles. The van der Waals surface area contributed by atoms with Gasteiger partial charge in [-0.05, 0) is 26.0 Å². The third-order valence-electron chi connectivity index (χ3n) is 4.52. The number of hydrogen-bond acceptors (Lipinski definition) is 6. The third-order valence-corrected chi connectivity index (χ3v) is 4.52. The van der Waals surface area contributed by atoms with Crippen molar-refractivity contribution in [3.05, 3.63) is 29.8 Å². The van der Waals surface area contributed by atoms with Gasteiger partial charge >= 0.3 is 6.03 Å². The Balaban J connectivity index is 1.84. The number of carbonyl (C=O) groups excluding carboxylic acids is 2. The molecule has 0 radical (unpaired) electrons. The van der Waals surface area contributed by atoms with E-state index in [-0.39, 0.29) is 25.2 Å². The van der Waals surface area contributed by atoms with Gasteiger partial charge in [-0.2, -0.15) is 0 Å². The van der Waals surface area contributed by atoms with Crippen molar-refractivity contribution in [2.75, 3.05) is 65.0 Å². The Morgan fingerprint density at radius 3 is 2.63 bits per heavy atom. The SMILES string of the molecule is CC(C)OCCOCC(O)CN(C)C(=O)Nc1ccccc1C(=O)N1CCOCC1. The first kappa shape index (κ1) is 24.1. The minimum absolute atomic E-state index is 0.0937. The summed E-state index contributed by atoms with van der Waals surface area (Å²) in [6.45, 7) is 6.96. The van der Waals surface area contributed by atoms with Crippen LogP contribution in [0.5, 0.6) is 0 Å². The van der Waals surface area contributed by atoms with Gasteiger partial charge in [-0.25, -0.2) is 4.79 Å². The highest BCUT2D eigenvalue weighted by Crippen LogP contribution is 2.18. The first-order valence-electron chi connectivity index (χ1n) is 10.2.